The second-order valence-electron chi connectivity index (χ2n) is 6.79. The van der Waals surface area contributed by atoms with Crippen molar-refractivity contribution in [2.45, 2.75) is 26.8 Å². The van der Waals surface area contributed by atoms with Crippen LogP contribution in [0.25, 0.3) is 4.96 Å². The summed E-state index contributed by atoms with van der Waals surface area (Å²) in [7, 11) is 0. The molecule has 1 saturated heterocycles. The first-order valence-electron chi connectivity index (χ1n) is 8.86. The molecule has 0 aromatic carbocycles. The Bertz CT molecular complexity index is 875. The molecule has 3 aromatic heterocycles. The van der Waals surface area contributed by atoms with Crippen molar-refractivity contribution in [1.82, 2.24) is 14.6 Å². The summed E-state index contributed by atoms with van der Waals surface area (Å²) in [5.41, 5.74) is 0. The number of furan rings is 1. The molecule has 0 unspecified atom stereocenters. The number of nitrogens with zero attached hydrogens (tertiary/aromatic N) is 3. The molecule has 0 aliphatic carbocycles. The Kier molecular flexibility index (Phi) is 4.26. The minimum Gasteiger partial charge on any atom is -0.492 e. The third kappa shape index (κ3) is 2.94. The molecule has 0 bridgehead atoms. The van der Waals surface area contributed by atoms with Crippen molar-refractivity contribution in [2.75, 3.05) is 32.7 Å². The number of likely N-dealkylation sites (N-methyl/N-ethyl adjacent to an activating group) is 1. The van der Waals surface area contributed by atoms with E-state index < -0.39 is 0 Å². The third-order valence-corrected chi connectivity index (χ3v) is 6.21. The maximum atomic E-state index is 10.8. The largest absolute Gasteiger partial charge is 0.492 e. The van der Waals surface area contributed by atoms with Gasteiger partial charge in [-0.1, -0.05) is 11.3 Å². The number of nitrogens with one attached hydrogen (secondary N) is 2. The zero-order chi connectivity index (χ0) is 17.6. The predicted molar refractivity (Wildman–Crippen MR) is 94.5 cm³/mol. The minimum absolute atomic E-state index is 0.0130. The maximum Gasteiger partial charge on any atom is 0.235 e. The number of hydrogen-bond acceptors (Lipinski definition) is 5. The van der Waals surface area contributed by atoms with Gasteiger partial charge in [0.2, 0.25) is 10.8 Å². The van der Waals surface area contributed by atoms with Crippen LogP contribution in [-0.4, -0.2) is 52.4 Å². The van der Waals surface area contributed by atoms with Gasteiger partial charge in [-0.25, -0.2) is 4.98 Å². The van der Waals surface area contributed by atoms with Crippen LogP contribution < -0.4 is 9.80 Å². The SMILES string of the molecule is CC[NH+]1CC[NH+]([C@@H](c2ccc(C)o2)c2sc3nc(C)nn3c2O)CC1. The van der Waals surface area contributed by atoms with Gasteiger partial charge >= 0.3 is 0 Å². The van der Waals surface area contributed by atoms with E-state index in [1.165, 1.54) is 22.8 Å². The summed E-state index contributed by atoms with van der Waals surface area (Å²) in [6.07, 6.45) is 0. The average molecular weight is 363 g/mol. The molecule has 4 rings (SSSR count). The highest BCUT2D eigenvalue weighted by atomic mass is 32.1. The number of quaternary nitrogens is 2. The molecule has 3 aromatic rings. The van der Waals surface area contributed by atoms with E-state index in [-0.39, 0.29) is 11.9 Å². The normalized spacial score (nSPS) is 22.5. The van der Waals surface area contributed by atoms with Crippen molar-refractivity contribution in [2.24, 2.45) is 0 Å². The Morgan fingerprint density at radius 3 is 2.64 bits per heavy atom. The molecule has 3 N–H and O–H groups in total. The lowest BCUT2D eigenvalue weighted by Crippen LogP contribution is -3.28. The molecule has 7 nitrogen and oxygen atoms in total. The summed E-state index contributed by atoms with van der Waals surface area (Å²) in [5, 5.41) is 15.1. The highest BCUT2D eigenvalue weighted by Crippen LogP contribution is 2.35. The van der Waals surface area contributed by atoms with Crippen molar-refractivity contribution in [3.05, 3.63) is 34.4 Å². The number of fused-ring (bicyclic) bond motifs is 1. The van der Waals surface area contributed by atoms with Crippen molar-refractivity contribution in [1.29, 1.82) is 0 Å². The molecule has 1 fully saturated rings. The van der Waals surface area contributed by atoms with Gasteiger partial charge in [0.25, 0.3) is 0 Å². The van der Waals surface area contributed by atoms with Crippen LogP contribution >= 0.6 is 11.3 Å². The lowest BCUT2D eigenvalue weighted by Gasteiger charge is -2.32. The van der Waals surface area contributed by atoms with Gasteiger partial charge < -0.3 is 19.3 Å². The Morgan fingerprint density at radius 1 is 1.28 bits per heavy atom. The molecule has 1 aliphatic rings. The molecular formula is C17H25N5O2S+2. The average Bonchev–Trinajstić information content (AvgIpc) is 3.26. The Hall–Kier alpha value is -1.90. The van der Waals surface area contributed by atoms with E-state index in [2.05, 4.69) is 17.0 Å². The van der Waals surface area contributed by atoms with E-state index in [4.69, 9.17) is 4.42 Å². The van der Waals surface area contributed by atoms with E-state index in [1.807, 2.05) is 26.0 Å². The lowest BCUT2D eigenvalue weighted by molar-refractivity contribution is -1.02. The number of hydrogen-bond donors (Lipinski definition) is 3. The summed E-state index contributed by atoms with van der Waals surface area (Å²) in [6, 6.07) is 4.01. The fourth-order valence-electron chi connectivity index (χ4n) is 3.73. The standard InChI is InChI=1S/C17H23N5O2S/c1-4-20-7-9-21(10-8-20)14(13-6-5-11(2)24-13)15-16(23)22-17(25-15)18-12(3)19-22/h5-6,14,23H,4,7-10H2,1-3H3/p+2/t14-/m0/s1. The Labute approximate surface area is 150 Å². The van der Waals surface area contributed by atoms with Crippen LogP contribution in [0.5, 0.6) is 5.88 Å². The quantitative estimate of drug-likeness (QED) is 0.590. The number of aryl methyl sites for hydroxylation is 2. The highest BCUT2D eigenvalue weighted by Gasteiger charge is 2.37. The zero-order valence-corrected chi connectivity index (χ0v) is 15.7. The number of piperazine rings is 1. The summed E-state index contributed by atoms with van der Waals surface area (Å²) >= 11 is 1.51. The predicted octanol–water partition coefficient (Wildman–Crippen LogP) is -0.401. The van der Waals surface area contributed by atoms with Crippen LogP contribution in [0.15, 0.2) is 16.5 Å². The first-order valence-corrected chi connectivity index (χ1v) is 9.68. The lowest BCUT2D eigenvalue weighted by atomic mass is 10.1. The topological polar surface area (TPSA) is 72.4 Å². The van der Waals surface area contributed by atoms with E-state index >= 15 is 0 Å². The molecule has 0 saturated carbocycles. The molecule has 0 radical (unpaired) electrons. The molecule has 1 atom stereocenters. The Morgan fingerprint density at radius 2 is 2.04 bits per heavy atom. The molecule has 25 heavy (non-hydrogen) atoms. The van der Waals surface area contributed by atoms with Crippen LogP contribution in [0.2, 0.25) is 0 Å². The monoisotopic (exact) mass is 363 g/mol. The second-order valence-corrected chi connectivity index (χ2v) is 7.80. The van der Waals surface area contributed by atoms with Crippen molar-refractivity contribution >= 4 is 16.3 Å². The van der Waals surface area contributed by atoms with E-state index in [1.54, 1.807) is 9.42 Å². The van der Waals surface area contributed by atoms with Crippen LogP contribution in [-0.2, 0) is 0 Å². The summed E-state index contributed by atoms with van der Waals surface area (Å²) < 4.78 is 7.52. The number of thiazole rings is 1. The van der Waals surface area contributed by atoms with Crippen LogP contribution in [0.4, 0.5) is 0 Å². The third-order valence-electron chi connectivity index (χ3n) is 5.12. The highest BCUT2D eigenvalue weighted by molar-refractivity contribution is 7.17. The number of aromatic nitrogens is 3. The molecule has 1 aliphatic heterocycles. The number of aromatic hydroxyl groups is 1. The molecule has 8 heteroatoms. The van der Waals surface area contributed by atoms with Crippen LogP contribution in [0.1, 0.15) is 35.2 Å². The van der Waals surface area contributed by atoms with Gasteiger partial charge in [-0.15, -0.1) is 5.10 Å². The van der Waals surface area contributed by atoms with Gasteiger partial charge in [-0.2, -0.15) is 4.52 Å². The minimum atomic E-state index is -0.0130. The van der Waals surface area contributed by atoms with E-state index in [0.29, 0.717) is 5.82 Å². The summed E-state index contributed by atoms with van der Waals surface area (Å²) in [4.78, 5) is 9.11. The molecular weight excluding hydrogens is 338 g/mol. The summed E-state index contributed by atoms with van der Waals surface area (Å²) in [6.45, 7) is 11.6. The maximum absolute atomic E-state index is 10.8. The molecule has 4 heterocycles. The van der Waals surface area contributed by atoms with Gasteiger partial charge in [-0.3, -0.25) is 0 Å². The van der Waals surface area contributed by atoms with Gasteiger partial charge in [0.05, 0.1) is 6.54 Å². The van der Waals surface area contributed by atoms with Crippen molar-refractivity contribution in [3.8, 4) is 5.88 Å². The number of rotatable bonds is 4. The van der Waals surface area contributed by atoms with Gasteiger partial charge in [0.15, 0.2) is 11.8 Å². The smallest absolute Gasteiger partial charge is 0.235 e. The first kappa shape index (κ1) is 16.6. The summed E-state index contributed by atoms with van der Waals surface area (Å²) in [5.74, 6) is 2.67. The van der Waals surface area contributed by atoms with Crippen LogP contribution in [0.3, 0.4) is 0 Å². The van der Waals surface area contributed by atoms with E-state index in [9.17, 15) is 5.11 Å². The van der Waals surface area contributed by atoms with Gasteiger partial charge in [-0.05, 0) is 32.9 Å². The second kappa shape index (κ2) is 6.44. The molecule has 0 spiro atoms. The van der Waals surface area contributed by atoms with Crippen molar-refractivity contribution in [3.63, 3.8) is 0 Å². The fourth-order valence-corrected chi connectivity index (χ4v) is 4.89. The Balaban J connectivity index is 1.74. The fraction of sp³-hybridized carbons (Fsp3) is 0.529. The first-order chi connectivity index (χ1) is 12.1. The zero-order valence-electron chi connectivity index (χ0n) is 14.9. The van der Waals surface area contributed by atoms with E-state index in [0.717, 1.165) is 47.5 Å². The molecule has 0 amide bonds. The van der Waals surface area contributed by atoms with Crippen LogP contribution in [0, 0.1) is 13.8 Å². The van der Waals surface area contributed by atoms with Gasteiger partial charge in [0, 0.05) is 0 Å². The molecule has 134 valence electrons. The van der Waals surface area contributed by atoms with Crippen molar-refractivity contribution < 1.29 is 19.3 Å². The van der Waals surface area contributed by atoms with Gasteiger partial charge in [0.1, 0.15) is 42.6 Å².